The van der Waals surface area contributed by atoms with Crippen LogP contribution in [0.4, 0.5) is 0 Å². The molecule has 1 aromatic rings. The lowest BCUT2D eigenvalue weighted by atomic mass is 10.1. The Balaban J connectivity index is 1.93. The molecule has 0 bridgehead atoms. The van der Waals surface area contributed by atoms with Crippen molar-refractivity contribution >= 4 is 0 Å². The molecule has 1 N–H and O–H groups in total. The Kier molecular flexibility index (Phi) is 5.26. The smallest absolute Gasteiger partial charge is 0.120 e. The van der Waals surface area contributed by atoms with Crippen molar-refractivity contribution in [3.05, 3.63) is 29.8 Å². The van der Waals surface area contributed by atoms with Crippen LogP contribution in [0.5, 0.6) is 5.75 Å². The van der Waals surface area contributed by atoms with Gasteiger partial charge in [0.15, 0.2) is 0 Å². The number of benzene rings is 1. The van der Waals surface area contributed by atoms with E-state index in [0.29, 0.717) is 18.1 Å². The maximum Gasteiger partial charge on any atom is 0.120 e. The Morgan fingerprint density at radius 3 is 2.63 bits per heavy atom. The highest BCUT2D eigenvalue weighted by Crippen LogP contribution is 2.26. The van der Waals surface area contributed by atoms with Crippen molar-refractivity contribution < 1.29 is 4.74 Å². The van der Waals surface area contributed by atoms with Crippen molar-refractivity contribution in [2.75, 3.05) is 6.54 Å². The summed E-state index contributed by atoms with van der Waals surface area (Å²) >= 11 is 0. The highest BCUT2D eigenvalue weighted by atomic mass is 16.5. The standard InChI is InChI=1S/C17H27NO/c1-13(2)12-18-14(3)15-7-6-10-17(11-15)19-16-8-4-5-9-16/h6-7,10-11,13-14,16,18H,4-5,8-9,12H2,1-3H3. The molecule has 1 aromatic carbocycles. The van der Waals surface area contributed by atoms with E-state index in [1.165, 1.54) is 31.2 Å². The average molecular weight is 261 g/mol. The SMILES string of the molecule is CC(C)CNC(C)c1cccc(OC2CCCC2)c1. The minimum absolute atomic E-state index is 0.384. The van der Waals surface area contributed by atoms with Crippen LogP contribution in [0.25, 0.3) is 0 Å². The van der Waals surface area contributed by atoms with Gasteiger partial charge in [-0.25, -0.2) is 0 Å². The van der Waals surface area contributed by atoms with Gasteiger partial charge in [0, 0.05) is 6.04 Å². The Labute approximate surface area is 117 Å². The van der Waals surface area contributed by atoms with Crippen LogP contribution < -0.4 is 10.1 Å². The van der Waals surface area contributed by atoms with E-state index in [1.807, 2.05) is 0 Å². The Bertz CT molecular complexity index is 383. The Hall–Kier alpha value is -1.02. The van der Waals surface area contributed by atoms with E-state index in [0.717, 1.165) is 12.3 Å². The highest BCUT2D eigenvalue weighted by Gasteiger charge is 2.16. The molecule has 0 spiro atoms. The summed E-state index contributed by atoms with van der Waals surface area (Å²) in [4.78, 5) is 0. The van der Waals surface area contributed by atoms with Gasteiger partial charge in [0.2, 0.25) is 0 Å². The second-order valence-corrected chi connectivity index (χ2v) is 6.12. The van der Waals surface area contributed by atoms with E-state index in [2.05, 4.69) is 50.4 Å². The molecule has 1 aliphatic carbocycles. The lowest BCUT2D eigenvalue weighted by molar-refractivity contribution is 0.209. The zero-order chi connectivity index (χ0) is 13.7. The first-order valence-electron chi connectivity index (χ1n) is 7.65. The first-order chi connectivity index (χ1) is 9.15. The summed E-state index contributed by atoms with van der Waals surface area (Å²) in [6.45, 7) is 7.74. The van der Waals surface area contributed by atoms with Gasteiger partial charge in [0.05, 0.1) is 6.10 Å². The minimum Gasteiger partial charge on any atom is -0.490 e. The number of nitrogens with one attached hydrogen (secondary N) is 1. The van der Waals surface area contributed by atoms with Crippen LogP contribution in [0.2, 0.25) is 0 Å². The van der Waals surface area contributed by atoms with Crippen molar-refractivity contribution in [1.29, 1.82) is 0 Å². The summed E-state index contributed by atoms with van der Waals surface area (Å²) in [6, 6.07) is 8.94. The molecule has 0 radical (unpaired) electrons. The molecule has 2 rings (SSSR count). The van der Waals surface area contributed by atoms with Gasteiger partial charge in [-0.05, 0) is 62.8 Å². The normalized spacial score (nSPS) is 17.9. The van der Waals surface area contributed by atoms with Crippen LogP contribution >= 0.6 is 0 Å². The lowest BCUT2D eigenvalue weighted by Crippen LogP contribution is -2.23. The number of ether oxygens (including phenoxy) is 1. The van der Waals surface area contributed by atoms with Crippen LogP contribution in [0.1, 0.15) is 58.1 Å². The molecule has 0 heterocycles. The molecule has 106 valence electrons. The fraction of sp³-hybridized carbons (Fsp3) is 0.647. The molecule has 0 aliphatic heterocycles. The van der Waals surface area contributed by atoms with E-state index in [-0.39, 0.29) is 0 Å². The van der Waals surface area contributed by atoms with E-state index in [4.69, 9.17) is 4.74 Å². The zero-order valence-corrected chi connectivity index (χ0v) is 12.5. The van der Waals surface area contributed by atoms with Crippen molar-refractivity contribution in [2.45, 2.75) is 58.6 Å². The van der Waals surface area contributed by atoms with Crippen molar-refractivity contribution in [1.82, 2.24) is 5.32 Å². The average Bonchev–Trinajstić information content (AvgIpc) is 2.89. The monoisotopic (exact) mass is 261 g/mol. The van der Waals surface area contributed by atoms with Crippen molar-refractivity contribution in [2.24, 2.45) is 5.92 Å². The lowest BCUT2D eigenvalue weighted by Gasteiger charge is -2.18. The third-order valence-corrected chi connectivity index (χ3v) is 3.80. The third kappa shape index (κ3) is 4.54. The largest absolute Gasteiger partial charge is 0.490 e. The molecule has 1 saturated carbocycles. The van der Waals surface area contributed by atoms with Gasteiger partial charge in [-0.3, -0.25) is 0 Å². The molecule has 1 fully saturated rings. The zero-order valence-electron chi connectivity index (χ0n) is 12.5. The second-order valence-electron chi connectivity index (χ2n) is 6.12. The summed E-state index contributed by atoms with van der Waals surface area (Å²) in [6.07, 6.45) is 5.50. The van der Waals surface area contributed by atoms with Crippen LogP contribution in [0, 0.1) is 5.92 Å². The van der Waals surface area contributed by atoms with Crippen molar-refractivity contribution in [3.8, 4) is 5.75 Å². The fourth-order valence-corrected chi connectivity index (χ4v) is 2.59. The summed E-state index contributed by atoms with van der Waals surface area (Å²) in [5.74, 6) is 1.71. The molecule has 19 heavy (non-hydrogen) atoms. The quantitative estimate of drug-likeness (QED) is 0.823. The Morgan fingerprint density at radius 1 is 1.21 bits per heavy atom. The van der Waals surface area contributed by atoms with Gasteiger partial charge < -0.3 is 10.1 Å². The summed E-state index contributed by atoms with van der Waals surface area (Å²) < 4.78 is 6.06. The summed E-state index contributed by atoms with van der Waals surface area (Å²) in [7, 11) is 0. The molecule has 1 unspecified atom stereocenters. The van der Waals surface area contributed by atoms with Gasteiger partial charge >= 0.3 is 0 Å². The van der Waals surface area contributed by atoms with E-state index < -0.39 is 0 Å². The van der Waals surface area contributed by atoms with Gasteiger partial charge in [-0.15, -0.1) is 0 Å². The predicted molar refractivity (Wildman–Crippen MR) is 80.6 cm³/mol. The summed E-state index contributed by atoms with van der Waals surface area (Å²) in [5, 5.41) is 3.56. The second kappa shape index (κ2) is 6.95. The van der Waals surface area contributed by atoms with Crippen LogP contribution in [-0.2, 0) is 0 Å². The molecule has 0 aromatic heterocycles. The molecule has 2 nitrogen and oxygen atoms in total. The Morgan fingerprint density at radius 2 is 1.95 bits per heavy atom. The van der Waals surface area contributed by atoms with Crippen LogP contribution in [-0.4, -0.2) is 12.6 Å². The fourth-order valence-electron chi connectivity index (χ4n) is 2.59. The molecule has 0 amide bonds. The number of hydrogen-bond donors (Lipinski definition) is 1. The van der Waals surface area contributed by atoms with Gasteiger partial charge in [-0.2, -0.15) is 0 Å². The van der Waals surface area contributed by atoms with Crippen LogP contribution in [0.3, 0.4) is 0 Å². The summed E-state index contributed by atoms with van der Waals surface area (Å²) in [5.41, 5.74) is 1.32. The first-order valence-corrected chi connectivity index (χ1v) is 7.65. The molecule has 2 heteroatoms. The van der Waals surface area contributed by atoms with E-state index in [9.17, 15) is 0 Å². The van der Waals surface area contributed by atoms with Gasteiger partial charge in [0.25, 0.3) is 0 Å². The maximum atomic E-state index is 6.06. The molecule has 0 saturated heterocycles. The molecular formula is C17H27NO. The topological polar surface area (TPSA) is 21.3 Å². The highest BCUT2D eigenvalue weighted by molar-refractivity contribution is 5.30. The molecule has 1 atom stereocenters. The predicted octanol–water partition coefficient (Wildman–Crippen LogP) is 4.31. The maximum absolute atomic E-state index is 6.06. The number of rotatable bonds is 6. The molecule has 1 aliphatic rings. The third-order valence-electron chi connectivity index (χ3n) is 3.80. The minimum atomic E-state index is 0.384. The van der Waals surface area contributed by atoms with Crippen molar-refractivity contribution in [3.63, 3.8) is 0 Å². The van der Waals surface area contributed by atoms with E-state index in [1.54, 1.807) is 0 Å². The van der Waals surface area contributed by atoms with Gasteiger partial charge in [-0.1, -0.05) is 26.0 Å². The van der Waals surface area contributed by atoms with Crippen LogP contribution in [0.15, 0.2) is 24.3 Å². The number of hydrogen-bond acceptors (Lipinski definition) is 2. The molecular weight excluding hydrogens is 234 g/mol. The van der Waals surface area contributed by atoms with E-state index >= 15 is 0 Å². The van der Waals surface area contributed by atoms with Gasteiger partial charge in [0.1, 0.15) is 5.75 Å². The first kappa shape index (κ1) is 14.4.